The second kappa shape index (κ2) is 8.37. The highest BCUT2D eigenvalue weighted by molar-refractivity contribution is 6.51. The van der Waals surface area contributed by atoms with Crippen LogP contribution in [0.5, 0.6) is 11.5 Å². The highest BCUT2D eigenvalue weighted by atomic mass is 16.5. The van der Waals surface area contributed by atoms with Crippen molar-refractivity contribution in [1.29, 1.82) is 0 Å². The predicted molar refractivity (Wildman–Crippen MR) is 129 cm³/mol. The molecular formula is C28H25NO5. The molecule has 2 aliphatic rings. The number of benzene rings is 3. The van der Waals surface area contributed by atoms with Gasteiger partial charge in [0.15, 0.2) is 0 Å². The molecular weight excluding hydrogens is 430 g/mol. The number of ketones is 1. The zero-order chi connectivity index (χ0) is 24.0. The van der Waals surface area contributed by atoms with Gasteiger partial charge in [-0.25, -0.2) is 0 Å². The van der Waals surface area contributed by atoms with E-state index in [9.17, 15) is 19.8 Å². The van der Waals surface area contributed by atoms with Crippen molar-refractivity contribution in [2.24, 2.45) is 0 Å². The van der Waals surface area contributed by atoms with Gasteiger partial charge in [-0.3, -0.25) is 14.5 Å². The number of aliphatic hydroxyl groups is 1. The Bertz CT molecular complexity index is 1340. The molecule has 6 nitrogen and oxygen atoms in total. The number of aryl methyl sites for hydroxylation is 3. The Labute approximate surface area is 197 Å². The van der Waals surface area contributed by atoms with Gasteiger partial charge in [-0.1, -0.05) is 29.8 Å². The molecule has 1 atom stereocenters. The van der Waals surface area contributed by atoms with Crippen LogP contribution in [0, 0.1) is 13.8 Å². The second-order valence-corrected chi connectivity index (χ2v) is 8.83. The van der Waals surface area contributed by atoms with Crippen LogP contribution in [0.4, 0.5) is 5.69 Å². The number of amides is 1. The van der Waals surface area contributed by atoms with Crippen LogP contribution in [0.1, 0.15) is 40.3 Å². The van der Waals surface area contributed by atoms with Gasteiger partial charge in [0.2, 0.25) is 0 Å². The fraction of sp³-hybridized carbons (Fsp3) is 0.214. The van der Waals surface area contributed by atoms with Crippen LogP contribution in [0.3, 0.4) is 0 Å². The Morgan fingerprint density at radius 2 is 1.76 bits per heavy atom. The van der Waals surface area contributed by atoms with Crippen molar-refractivity contribution in [1.82, 2.24) is 0 Å². The molecule has 1 saturated heterocycles. The number of aromatic hydroxyl groups is 1. The number of carbonyl (C=O) groups is 2. The molecule has 2 aliphatic heterocycles. The van der Waals surface area contributed by atoms with E-state index in [1.807, 2.05) is 38.1 Å². The van der Waals surface area contributed by atoms with Gasteiger partial charge in [0.1, 0.15) is 17.3 Å². The maximum Gasteiger partial charge on any atom is 0.300 e. The second-order valence-electron chi connectivity index (χ2n) is 8.83. The van der Waals surface area contributed by atoms with E-state index in [0.29, 0.717) is 23.4 Å². The summed E-state index contributed by atoms with van der Waals surface area (Å²) in [6.45, 7) is 4.50. The summed E-state index contributed by atoms with van der Waals surface area (Å²) in [5.74, 6) is -0.829. The number of hydrogen-bond acceptors (Lipinski definition) is 5. The Balaban J connectivity index is 1.71. The number of nitrogens with zero attached hydrogens (tertiary/aromatic N) is 1. The number of phenolic OH excluding ortho intramolecular Hbond substituents is 1. The van der Waals surface area contributed by atoms with Crippen molar-refractivity contribution in [3.8, 4) is 11.5 Å². The number of phenols is 1. The van der Waals surface area contributed by atoms with Gasteiger partial charge in [0, 0.05) is 11.3 Å². The number of rotatable bonds is 3. The third kappa shape index (κ3) is 3.61. The van der Waals surface area contributed by atoms with Gasteiger partial charge in [-0.15, -0.1) is 0 Å². The van der Waals surface area contributed by atoms with Crippen LogP contribution in [-0.2, 0) is 16.0 Å². The molecule has 0 saturated carbocycles. The first-order valence-corrected chi connectivity index (χ1v) is 11.3. The van der Waals surface area contributed by atoms with Crippen LogP contribution < -0.4 is 9.64 Å². The van der Waals surface area contributed by atoms with Gasteiger partial charge in [-0.2, -0.15) is 0 Å². The lowest BCUT2D eigenvalue weighted by molar-refractivity contribution is -0.132. The molecule has 5 rings (SSSR count). The summed E-state index contributed by atoms with van der Waals surface area (Å²) in [4.78, 5) is 28.1. The number of Topliss-reactive ketones (excluding diaryl/α,β-unsaturated/α-hetero) is 1. The van der Waals surface area contributed by atoms with Crippen molar-refractivity contribution < 1.29 is 24.5 Å². The average Bonchev–Trinajstić information content (AvgIpc) is 3.09. The highest BCUT2D eigenvalue weighted by Crippen LogP contribution is 2.44. The normalized spacial score (nSPS) is 19.1. The lowest BCUT2D eigenvalue weighted by Crippen LogP contribution is -2.30. The Morgan fingerprint density at radius 1 is 1.00 bits per heavy atom. The van der Waals surface area contributed by atoms with Crippen molar-refractivity contribution in [3.05, 3.63) is 94.1 Å². The summed E-state index contributed by atoms with van der Waals surface area (Å²) in [6.07, 6.45) is 1.69. The largest absolute Gasteiger partial charge is 0.508 e. The van der Waals surface area contributed by atoms with Crippen LogP contribution in [-0.4, -0.2) is 28.5 Å². The van der Waals surface area contributed by atoms with Gasteiger partial charge in [-0.05, 0) is 79.8 Å². The predicted octanol–water partition coefficient (Wildman–Crippen LogP) is 4.96. The molecule has 1 unspecified atom stereocenters. The summed E-state index contributed by atoms with van der Waals surface area (Å²) in [5, 5.41) is 21.2. The molecule has 0 radical (unpaired) electrons. The minimum Gasteiger partial charge on any atom is -0.508 e. The van der Waals surface area contributed by atoms with Gasteiger partial charge in [0.25, 0.3) is 11.7 Å². The summed E-state index contributed by atoms with van der Waals surface area (Å²) in [5.41, 5.74) is 4.54. The molecule has 3 aromatic rings. The highest BCUT2D eigenvalue weighted by Gasteiger charge is 2.47. The smallest absolute Gasteiger partial charge is 0.300 e. The summed E-state index contributed by atoms with van der Waals surface area (Å²) in [7, 11) is 0. The molecule has 0 aliphatic carbocycles. The third-order valence-corrected chi connectivity index (χ3v) is 6.45. The Morgan fingerprint density at radius 3 is 2.50 bits per heavy atom. The summed E-state index contributed by atoms with van der Waals surface area (Å²) >= 11 is 0. The van der Waals surface area contributed by atoms with E-state index in [0.717, 1.165) is 35.3 Å². The van der Waals surface area contributed by atoms with Crippen LogP contribution >= 0.6 is 0 Å². The summed E-state index contributed by atoms with van der Waals surface area (Å²) in [6, 6.07) is 16.5. The van der Waals surface area contributed by atoms with Gasteiger partial charge in [0.05, 0.1) is 18.2 Å². The monoisotopic (exact) mass is 455 g/mol. The van der Waals surface area contributed by atoms with E-state index in [1.54, 1.807) is 24.3 Å². The van der Waals surface area contributed by atoms with Crippen LogP contribution in [0.2, 0.25) is 0 Å². The molecule has 0 bridgehead atoms. The first kappa shape index (κ1) is 21.8. The number of ether oxygens (including phenoxy) is 1. The number of anilines is 1. The minimum absolute atomic E-state index is 0.0207. The first-order valence-electron chi connectivity index (χ1n) is 11.3. The van der Waals surface area contributed by atoms with E-state index < -0.39 is 17.7 Å². The van der Waals surface area contributed by atoms with Crippen LogP contribution in [0.15, 0.2) is 66.2 Å². The number of hydrogen-bond donors (Lipinski definition) is 2. The summed E-state index contributed by atoms with van der Waals surface area (Å²) < 4.78 is 5.67. The molecule has 172 valence electrons. The molecule has 34 heavy (non-hydrogen) atoms. The number of carbonyl (C=O) groups excluding carboxylic acids is 2. The maximum absolute atomic E-state index is 13.3. The van der Waals surface area contributed by atoms with E-state index in [4.69, 9.17) is 4.74 Å². The average molecular weight is 456 g/mol. The molecule has 3 aromatic carbocycles. The molecule has 0 spiro atoms. The van der Waals surface area contributed by atoms with Crippen molar-refractivity contribution in [3.63, 3.8) is 0 Å². The molecule has 2 heterocycles. The van der Waals surface area contributed by atoms with Crippen molar-refractivity contribution in [2.75, 3.05) is 11.5 Å². The zero-order valence-corrected chi connectivity index (χ0v) is 19.0. The van der Waals surface area contributed by atoms with Gasteiger partial charge >= 0.3 is 0 Å². The minimum atomic E-state index is -0.839. The van der Waals surface area contributed by atoms with Gasteiger partial charge < -0.3 is 14.9 Å². The fourth-order valence-electron chi connectivity index (χ4n) is 4.79. The lowest BCUT2D eigenvalue weighted by atomic mass is 9.93. The Kier molecular flexibility index (Phi) is 5.36. The van der Waals surface area contributed by atoms with E-state index in [-0.39, 0.29) is 17.1 Å². The maximum atomic E-state index is 13.3. The van der Waals surface area contributed by atoms with Crippen molar-refractivity contribution >= 4 is 23.1 Å². The van der Waals surface area contributed by atoms with Crippen LogP contribution in [0.25, 0.3) is 5.76 Å². The number of fused-ring (bicyclic) bond motifs is 1. The third-order valence-electron chi connectivity index (χ3n) is 6.45. The fourth-order valence-corrected chi connectivity index (χ4v) is 4.79. The van der Waals surface area contributed by atoms with E-state index in [2.05, 4.69) is 0 Å². The Hall–Kier alpha value is -4.06. The quantitative estimate of drug-likeness (QED) is 0.331. The topological polar surface area (TPSA) is 87.1 Å². The van der Waals surface area contributed by atoms with E-state index >= 15 is 0 Å². The molecule has 1 fully saturated rings. The molecule has 6 heteroatoms. The van der Waals surface area contributed by atoms with Crippen molar-refractivity contribution in [2.45, 2.75) is 32.7 Å². The molecule has 2 N–H and O–H groups in total. The standard InChI is InChI=1S/C28H25NO5/c1-16-5-11-22(17(2)14-16)29-25(18-6-9-21(30)10-7-18)24(27(32)28(29)33)26(31)20-8-12-23-19(15-20)4-3-13-34-23/h5-12,14-15,25,30-31H,3-4,13H2,1-2H3/b26-24-. The SMILES string of the molecule is Cc1ccc(N2C(=O)C(=O)/C(=C(\O)c3ccc4c(c3)CCCO4)C2c2ccc(O)cc2)c(C)c1. The molecule has 0 aromatic heterocycles. The zero-order valence-electron chi connectivity index (χ0n) is 19.0. The molecule has 1 amide bonds. The first-order chi connectivity index (χ1) is 16.3. The lowest BCUT2D eigenvalue weighted by Gasteiger charge is -2.27. The van der Waals surface area contributed by atoms with E-state index in [1.165, 1.54) is 17.0 Å². The number of aliphatic hydroxyl groups excluding tert-OH is 1.